The Kier molecular flexibility index (Phi) is 9.02. The van der Waals surface area contributed by atoms with Crippen LogP contribution < -0.4 is 10.6 Å². The smallest absolute Gasteiger partial charge is 0.306 e. The van der Waals surface area contributed by atoms with E-state index in [-0.39, 0.29) is 24.1 Å². The molecule has 4 fully saturated rings. The maximum Gasteiger partial charge on any atom is 0.306 e. The van der Waals surface area contributed by atoms with Crippen molar-refractivity contribution in [2.75, 3.05) is 40.0 Å². The predicted molar refractivity (Wildman–Crippen MR) is 123 cm³/mol. The minimum absolute atomic E-state index is 0.0251. The van der Waals surface area contributed by atoms with Crippen molar-refractivity contribution >= 4 is 11.9 Å². The fourth-order valence-electron chi connectivity index (χ4n) is 6.54. The summed E-state index contributed by atoms with van der Waals surface area (Å²) < 4.78 is 17.5. The molecular formula is C25H44N3O5+. The van der Waals surface area contributed by atoms with Crippen molar-refractivity contribution in [1.29, 1.82) is 0 Å². The quantitative estimate of drug-likeness (QED) is 0.390. The molecule has 4 aliphatic rings. The van der Waals surface area contributed by atoms with Gasteiger partial charge < -0.3 is 24.8 Å². The van der Waals surface area contributed by atoms with Crippen LogP contribution in [-0.2, 0) is 23.8 Å². The van der Waals surface area contributed by atoms with E-state index in [2.05, 4.69) is 15.5 Å². The summed E-state index contributed by atoms with van der Waals surface area (Å²) in [7, 11) is 1.80. The van der Waals surface area contributed by atoms with Crippen molar-refractivity contribution in [1.82, 2.24) is 10.2 Å². The van der Waals surface area contributed by atoms with E-state index in [0.717, 1.165) is 64.7 Å². The minimum atomic E-state index is -0.480. The summed E-state index contributed by atoms with van der Waals surface area (Å²) in [4.78, 5) is 27.3. The molecule has 5 atom stereocenters. The molecule has 0 bridgehead atoms. The van der Waals surface area contributed by atoms with Gasteiger partial charge in [-0.1, -0.05) is 0 Å². The zero-order valence-corrected chi connectivity index (χ0v) is 20.5. The predicted octanol–water partition coefficient (Wildman–Crippen LogP) is 1.04. The van der Waals surface area contributed by atoms with Gasteiger partial charge in [0.1, 0.15) is 18.9 Å². The van der Waals surface area contributed by atoms with Crippen LogP contribution in [0.1, 0.15) is 64.7 Å². The second kappa shape index (κ2) is 12.0. The molecule has 33 heavy (non-hydrogen) atoms. The Morgan fingerprint density at radius 3 is 2.70 bits per heavy atom. The Morgan fingerprint density at radius 1 is 1.18 bits per heavy atom. The van der Waals surface area contributed by atoms with Crippen molar-refractivity contribution in [3.05, 3.63) is 0 Å². The average Bonchev–Trinajstić information content (AvgIpc) is 3.34. The van der Waals surface area contributed by atoms with Crippen LogP contribution in [0.5, 0.6) is 0 Å². The summed E-state index contributed by atoms with van der Waals surface area (Å²) in [6, 6.07) is 0. The van der Waals surface area contributed by atoms with E-state index in [1.54, 1.807) is 7.11 Å². The maximum atomic E-state index is 12.5. The van der Waals surface area contributed by atoms with E-state index in [1.165, 1.54) is 6.54 Å². The highest BCUT2D eigenvalue weighted by molar-refractivity contribution is 5.80. The molecule has 188 valence electrons. The number of rotatable bonds is 9. The van der Waals surface area contributed by atoms with E-state index >= 15 is 0 Å². The van der Waals surface area contributed by atoms with Crippen LogP contribution in [0.2, 0.25) is 0 Å². The first-order chi connectivity index (χ1) is 16.0. The summed E-state index contributed by atoms with van der Waals surface area (Å²) in [5, 5.41) is 5.33. The second-order valence-electron chi connectivity index (χ2n) is 10.6. The number of amides is 1. The molecule has 4 unspecified atom stereocenters. The fraction of sp³-hybridized carbons (Fsp3) is 0.920. The van der Waals surface area contributed by atoms with Gasteiger partial charge in [0.05, 0.1) is 25.3 Å². The lowest BCUT2D eigenvalue weighted by Crippen LogP contribution is -2.82. The highest BCUT2D eigenvalue weighted by atomic mass is 16.6. The third-order valence-corrected chi connectivity index (χ3v) is 8.44. The van der Waals surface area contributed by atoms with E-state index in [0.29, 0.717) is 43.2 Å². The lowest BCUT2D eigenvalue weighted by molar-refractivity contribution is -0.642. The van der Waals surface area contributed by atoms with Crippen molar-refractivity contribution in [3.63, 3.8) is 0 Å². The van der Waals surface area contributed by atoms with Gasteiger partial charge in [-0.15, -0.1) is 0 Å². The molecule has 0 radical (unpaired) electrons. The topological polar surface area (TPSA) is 93.7 Å². The number of ether oxygens (including phenoxy) is 3. The Labute approximate surface area is 198 Å². The first-order valence-corrected chi connectivity index (χ1v) is 13.2. The second-order valence-corrected chi connectivity index (χ2v) is 10.6. The van der Waals surface area contributed by atoms with Crippen LogP contribution in [-0.4, -0.2) is 81.1 Å². The van der Waals surface area contributed by atoms with Gasteiger partial charge in [-0.25, -0.2) is 0 Å². The molecule has 0 aromatic carbocycles. The molecule has 2 saturated carbocycles. The molecule has 2 aliphatic carbocycles. The molecule has 0 aromatic heterocycles. The zero-order chi connectivity index (χ0) is 23.2. The summed E-state index contributed by atoms with van der Waals surface area (Å²) in [5.74, 6) is 1.34. The first-order valence-electron chi connectivity index (χ1n) is 13.2. The molecule has 3 N–H and O–H groups in total. The summed E-state index contributed by atoms with van der Waals surface area (Å²) in [5.41, 5.74) is 0. The number of carbonyl (C=O) groups excluding carboxylic acids is 2. The highest BCUT2D eigenvalue weighted by Crippen LogP contribution is 2.46. The standard InChI is InChI=1S/C25H43N3O5/c1-17(25(30)27-10-3-12-28-13-11-26-16-28)32-20-8-9-21-22(15-24(29)33-23(21)14-20)18-4-6-19(31-2)7-5-18/h17-23,26H,3-16H2,1-2H3,(H,27,30)/p+1/t17-,18?,19?,20?,21?,22?,23?/m0/s1. The van der Waals surface area contributed by atoms with Crippen LogP contribution in [0, 0.1) is 17.8 Å². The number of nitrogens with zero attached hydrogens (tertiary/aromatic N) is 1. The number of carbonyl (C=O) groups is 2. The molecule has 0 spiro atoms. The Balaban J connectivity index is 1.20. The van der Waals surface area contributed by atoms with Crippen LogP contribution in [0.4, 0.5) is 0 Å². The lowest BCUT2D eigenvalue weighted by atomic mass is 9.65. The van der Waals surface area contributed by atoms with Crippen molar-refractivity contribution in [3.8, 4) is 0 Å². The number of methoxy groups -OCH3 is 1. The Bertz CT molecular complexity index is 648. The number of hydrogen-bond donors (Lipinski definition) is 2. The summed E-state index contributed by atoms with van der Waals surface area (Å²) in [6.45, 7) is 6.92. The van der Waals surface area contributed by atoms with Gasteiger partial charge in [-0.05, 0) is 69.6 Å². The highest BCUT2D eigenvalue weighted by Gasteiger charge is 2.46. The van der Waals surface area contributed by atoms with Crippen LogP contribution in [0.25, 0.3) is 0 Å². The van der Waals surface area contributed by atoms with Gasteiger partial charge in [0, 0.05) is 33.0 Å². The number of fused-ring (bicyclic) bond motifs is 1. The minimum Gasteiger partial charge on any atom is -0.462 e. The van der Waals surface area contributed by atoms with E-state index in [4.69, 9.17) is 14.2 Å². The van der Waals surface area contributed by atoms with Gasteiger partial charge in [-0.2, -0.15) is 0 Å². The number of quaternary nitrogens is 1. The van der Waals surface area contributed by atoms with E-state index < -0.39 is 6.10 Å². The number of nitrogens with one attached hydrogen (secondary N) is 1. The molecule has 1 amide bonds. The van der Waals surface area contributed by atoms with Gasteiger partial charge in [0.15, 0.2) is 0 Å². The molecule has 8 nitrogen and oxygen atoms in total. The van der Waals surface area contributed by atoms with Crippen LogP contribution in [0.3, 0.4) is 0 Å². The molecule has 4 rings (SSSR count). The van der Waals surface area contributed by atoms with Crippen LogP contribution >= 0.6 is 0 Å². The van der Waals surface area contributed by atoms with Crippen molar-refractivity contribution < 1.29 is 29.1 Å². The number of hydrogen-bond acceptors (Lipinski definition) is 6. The number of nitrogens with two attached hydrogens (primary N) is 1. The van der Waals surface area contributed by atoms with E-state index in [1.807, 2.05) is 6.92 Å². The fourth-order valence-corrected chi connectivity index (χ4v) is 6.54. The third kappa shape index (κ3) is 6.68. The third-order valence-electron chi connectivity index (χ3n) is 8.44. The van der Waals surface area contributed by atoms with Crippen molar-refractivity contribution in [2.24, 2.45) is 17.8 Å². The summed E-state index contributed by atoms with van der Waals surface area (Å²) in [6.07, 6.45) is 8.47. The average molecular weight is 467 g/mol. The van der Waals surface area contributed by atoms with E-state index in [9.17, 15) is 9.59 Å². The molecule has 0 aromatic rings. The molecule has 8 heteroatoms. The molecular weight excluding hydrogens is 422 g/mol. The van der Waals surface area contributed by atoms with Gasteiger partial charge in [-0.3, -0.25) is 14.5 Å². The SMILES string of the molecule is COC1CCC(C2CC(=O)OC3CC(O[C@@H](C)C(=O)NCCCN4CC[NH2+]C4)CCC32)CC1. The molecule has 2 saturated heterocycles. The largest absolute Gasteiger partial charge is 0.462 e. The zero-order valence-electron chi connectivity index (χ0n) is 20.5. The first kappa shape index (κ1) is 24.9. The van der Waals surface area contributed by atoms with Gasteiger partial charge in [0.25, 0.3) is 0 Å². The van der Waals surface area contributed by atoms with Crippen LogP contribution in [0.15, 0.2) is 0 Å². The van der Waals surface area contributed by atoms with Crippen molar-refractivity contribution in [2.45, 2.75) is 89.1 Å². The molecule has 2 heterocycles. The normalized spacial score (nSPS) is 36.1. The van der Waals surface area contributed by atoms with Gasteiger partial charge >= 0.3 is 5.97 Å². The van der Waals surface area contributed by atoms with Gasteiger partial charge in [0.2, 0.25) is 5.91 Å². The maximum absolute atomic E-state index is 12.5. The molecule has 2 aliphatic heterocycles. The number of esters is 1. The Hall–Kier alpha value is -1.22. The Morgan fingerprint density at radius 2 is 1.97 bits per heavy atom. The lowest BCUT2D eigenvalue weighted by Gasteiger charge is -2.46. The monoisotopic (exact) mass is 466 g/mol. The summed E-state index contributed by atoms with van der Waals surface area (Å²) >= 11 is 0.